The van der Waals surface area contributed by atoms with E-state index >= 15 is 0 Å². The lowest BCUT2D eigenvalue weighted by Gasteiger charge is -2.42. The van der Waals surface area contributed by atoms with Crippen molar-refractivity contribution in [2.45, 2.75) is 50.7 Å². The van der Waals surface area contributed by atoms with Gasteiger partial charge in [-0.1, -0.05) is 0 Å². The maximum atomic E-state index is 6.50. The zero-order valence-electron chi connectivity index (χ0n) is 26.4. The summed E-state index contributed by atoms with van der Waals surface area (Å²) >= 11 is 0. The predicted molar refractivity (Wildman–Crippen MR) is 179 cm³/mol. The number of aromatic nitrogens is 5. The van der Waals surface area contributed by atoms with E-state index in [0.29, 0.717) is 29.1 Å². The van der Waals surface area contributed by atoms with E-state index in [1.807, 2.05) is 19.2 Å². The Morgan fingerprint density at radius 1 is 0.889 bits per heavy atom. The second-order valence-corrected chi connectivity index (χ2v) is 12.7. The average Bonchev–Trinajstić information content (AvgIpc) is 3.56. The number of piperazine rings is 1. The van der Waals surface area contributed by atoms with Crippen molar-refractivity contribution in [3.63, 3.8) is 0 Å². The number of fused-ring (bicyclic) bond motifs is 1. The summed E-state index contributed by atoms with van der Waals surface area (Å²) < 4.78 is 5.61. The molecule has 1 unspecified atom stereocenters. The minimum Gasteiger partial charge on any atom is -0.381 e. The standard InChI is InChI=1S/C33H45N11O/c1-22(34)28-32(38-23-3-5-25(6-4-23)43-13-8-26(9-14-43)44-17-15-42(2)16-18-44)41-33(39-24-10-19-45-20-11-24)30(40-28)29-27-7-12-35-31(27)37-21-36-29/h3-7,12,21-22,24,26H,8-11,13-20,34H2,1-2H3,(H,35,36,37)(H2,38,39,41). The van der Waals surface area contributed by atoms with Gasteiger partial charge >= 0.3 is 0 Å². The molecule has 12 nitrogen and oxygen atoms in total. The van der Waals surface area contributed by atoms with Gasteiger partial charge in [0.05, 0.1) is 0 Å². The van der Waals surface area contributed by atoms with Crippen molar-refractivity contribution < 1.29 is 4.74 Å². The molecule has 3 aliphatic heterocycles. The van der Waals surface area contributed by atoms with Gasteiger partial charge in [-0.2, -0.15) is 0 Å². The molecule has 1 aromatic carbocycles. The summed E-state index contributed by atoms with van der Waals surface area (Å²) in [6, 6.07) is 11.2. The van der Waals surface area contributed by atoms with E-state index in [0.717, 1.165) is 61.6 Å². The molecule has 5 N–H and O–H groups in total. The SMILES string of the molecule is CC(N)c1nc(-c2ncnc3[nH]ccc23)c(NC2CCOCC2)nc1Nc1ccc(N2CCC(N3CCN(C)CC3)CC2)cc1. The normalized spacial score (nSPS) is 20.0. The van der Waals surface area contributed by atoms with Gasteiger partial charge in [0, 0.05) is 93.6 Å². The molecule has 0 amide bonds. The van der Waals surface area contributed by atoms with E-state index in [1.54, 1.807) is 6.33 Å². The first kappa shape index (κ1) is 29.8. The van der Waals surface area contributed by atoms with Crippen LogP contribution in [-0.4, -0.2) is 106 Å². The molecule has 3 fully saturated rings. The smallest absolute Gasteiger partial charge is 0.156 e. The fourth-order valence-electron chi connectivity index (χ4n) is 6.79. The minimum absolute atomic E-state index is 0.226. The Balaban J connectivity index is 1.12. The van der Waals surface area contributed by atoms with Crippen LogP contribution in [0.4, 0.5) is 23.0 Å². The molecular formula is C33H45N11O. The number of nitrogens with two attached hydrogens (primary N) is 1. The maximum Gasteiger partial charge on any atom is 0.156 e. The lowest BCUT2D eigenvalue weighted by atomic mass is 10.0. The Morgan fingerprint density at radius 2 is 1.64 bits per heavy atom. The van der Waals surface area contributed by atoms with Gasteiger partial charge in [0.25, 0.3) is 0 Å². The van der Waals surface area contributed by atoms with Crippen LogP contribution < -0.4 is 21.3 Å². The van der Waals surface area contributed by atoms with Crippen LogP contribution in [0.5, 0.6) is 0 Å². The van der Waals surface area contributed by atoms with E-state index in [4.69, 9.17) is 20.4 Å². The number of aromatic amines is 1. The summed E-state index contributed by atoms with van der Waals surface area (Å²) in [6.45, 7) is 10.3. The highest BCUT2D eigenvalue weighted by molar-refractivity contribution is 5.92. The number of rotatable bonds is 8. The maximum absolute atomic E-state index is 6.50. The monoisotopic (exact) mass is 611 g/mol. The molecule has 3 aliphatic rings. The quantitative estimate of drug-likeness (QED) is 0.230. The van der Waals surface area contributed by atoms with Crippen LogP contribution in [0.3, 0.4) is 0 Å². The highest BCUT2D eigenvalue weighted by Gasteiger charge is 2.27. The van der Waals surface area contributed by atoms with Crippen LogP contribution in [0.1, 0.15) is 44.3 Å². The number of hydrogen-bond acceptors (Lipinski definition) is 11. The molecule has 7 rings (SSSR count). The second kappa shape index (κ2) is 13.3. The first-order valence-corrected chi connectivity index (χ1v) is 16.4. The van der Waals surface area contributed by atoms with Gasteiger partial charge in [0.1, 0.15) is 29.1 Å². The Morgan fingerprint density at radius 3 is 2.38 bits per heavy atom. The lowest BCUT2D eigenvalue weighted by Crippen LogP contribution is -2.52. The Bertz CT molecular complexity index is 1570. The molecule has 45 heavy (non-hydrogen) atoms. The summed E-state index contributed by atoms with van der Waals surface area (Å²) in [7, 11) is 2.22. The van der Waals surface area contributed by atoms with Gasteiger partial charge in [0.2, 0.25) is 0 Å². The van der Waals surface area contributed by atoms with Crippen LogP contribution in [0.25, 0.3) is 22.4 Å². The average molecular weight is 612 g/mol. The second-order valence-electron chi connectivity index (χ2n) is 12.7. The highest BCUT2D eigenvalue weighted by atomic mass is 16.5. The predicted octanol–water partition coefficient (Wildman–Crippen LogP) is 3.99. The summed E-state index contributed by atoms with van der Waals surface area (Å²) in [5.74, 6) is 1.32. The summed E-state index contributed by atoms with van der Waals surface area (Å²) in [6.07, 6.45) is 7.65. The third kappa shape index (κ3) is 6.60. The van der Waals surface area contributed by atoms with Crippen molar-refractivity contribution >= 4 is 34.0 Å². The van der Waals surface area contributed by atoms with E-state index < -0.39 is 0 Å². The zero-order valence-corrected chi connectivity index (χ0v) is 26.4. The van der Waals surface area contributed by atoms with Crippen molar-refractivity contribution in [3.8, 4) is 11.4 Å². The lowest BCUT2D eigenvalue weighted by molar-refractivity contribution is 0.0904. The van der Waals surface area contributed by atoms with Crippen LogP contribution >= 0.6 is 0 Å². The molecule has 238 valence electrons. The molecule has 3 saturated heterocycles. The Hall–Kier alpha value is -3.84. The van der Waals surface area contributed by atoms with Crippen molar-refractivity contribution in [1.82, 2.24) is 34.7 Å². The van der Waals surface area contributed by atoms with Crippen LogP contribution in [0.2, 0.25) is 0 Å². The number of anilines is 4. The van der Waals surface area contributed by atoms with Crippen LogP contribution in [0.15, 0.2) is 42.9 Å². The highest BCUT2D eigenvalue weighted by Crippen LogP contribution is 2.34. The molecule has 4 aromatic rings. The molecule has 1 atom stereocenters. The fourth-order valence-corrected chi connectivity index (χ4v) is 6.79. The van der Waals surface area contributed by atoms with E-state index in [2.05, 4.69) is 71.6 Å². The largest absolute Gasteiger partial charge is 0.381 e. The third-order valence-electron chi connectivity index (χ3n) is 9.51. The Kier molecular flexibility index (Phi) is 8.79. The van der Waals surface area contributed by atoms with Crippen LogP contribution in [-0.2, 0) is 4.74 Å². The fraction of sp³-hybridized carbons (Fsp3) is 0.515. The van der Waals surface area contributed by atoms with Crippen LogP contribution in [0, 0.1) is 0 Å². The number of likely N-dealkylation sites (N-methyl/N-ethyl adjacent to an activating group) is 1. The molecular weight excluding hydrogens is 566 g/mol. The minimum atomic E-state index is -0.347. The molecule has 3 aromatic heterocycles. The number of benzene rings is 1. The third-order valence-corrected chi connectivity index (χ3v) is 9.51. The molecule has 0 spiro atoms. The molecule has 12 heteroatoms. The first-order valence-electron chi connectivity index (χ1n) is 16.4. The van der Waals surface area contributed by atoms with E-state index in [-0.39, 0.29) is 12.1 Å². The van der Waals surface area contributed by atoms with E-state index in [1.165, 1.54) is 44.7 Å². The molecule has 0 saturated carbocycles. The summed E-state index contributed by atoms with van der Waals surface area (Å²) in [5, 5.41) is 8.09. The molecule has 0 radical (unpaired) electrons. The number of H-pyrrole nitrogens is 1. The van der Waals surface area contributed by atoms with E-state index in [9.17, 15) is 0 Å². The number of piperidine rings is 1. The summed E-state index contributed by atoms with van der Waals surface area (Å²) in [4.78, 5) is 30.1. The number of ether oxygens (including phenoxy) is 1. The summed E-state index contributed by atoms with van der Waals surface area (Å²) in [5.41, 5.74) is 11.5. The number of hydrogen-bond donors (Lipinski definition) is 4. The van der Waals surface area contributed by atoms with Crippen molar-refractivity contribution in [1.29, 1.82) is 0 Å². The first-order chi connectivity index (χ1) is 22.0. The Labute approximate surface area is 264 Å². The molecule has 0 aliphatic carbocycles. The molecule has 0 bridgehead atoms. The number of nitrogens with one attached hydrogen (secondary N) is 3. The topological polar surface area (TPSA) is 136 Å². The van der Waals surface area contributed by atoms with Gasteiger partial charge in [-0.25, -0.2) is 19.9 Å². The van der Waals surface area contributed by atoms with Gasteiger partial charge in [-0.05, 0) is 70.0 Å². The van der Waals surface area contributed by atoms with Crippen molar-refractivity contribution in [2.24, 2.45) is 5.73 Å². The van der Waals surface area contributed by atoms with Crippen molar-refractivity contribution in [2.75, 3.05) is 75.1 Å². The van der Waals surface area contributed by atoms with Gasteiger partial charge in [-0.3, -0.25) is 4.90 Å². The number of nitrogens with zero attached hydrogens (tertiary/aromatic N) is 7. The van der Waals surface area contributed by atoms with Crippen molar-refractivity contribution in [3.05, 3.63) is 48.5 Å². The van der Waals surface area contributed by atoms with Gasteiger partial charge in [0.15, 0.2) is 11.6 Å². The zero-order chi connectivity index (χ0) is 30.8. The molecule has 6 heterocycles. The van der Waals surface area contributed by atoms with Gasteiger partial charge < -0.3 is 35.9 Å². The van der Waals surface area contributed by atoms with Gasteiger partial charge in [-0.15, -0.1) is 0 Å².